The average molecular weight is 618 g/mol. The summed E-state index contributed by atoms with van der Waals surface area (Å²) >= 11 is 6.04. The molecule has 0 radical (unpaired) electrons. The molecule has 0 spiro atoms. The summed E-state index contributed by atoms with van der Waals surface area (Å²) in [7, 11) is -2.49. The second-order valence-corrected chi connectivity index (χ2v) is 18.1. The Kier molecular flexibility index (Phi) is 10.4. The Hall–Kier alpha value is -2.68. The van der Waals surface area contributed by atoms with Crippen LogP contribution in [0.5, 0.6) is 5.75 Å². The van der Waals surface area contributed by atoms with Crippen molar-refractivity contribution >= 4 is 36.8 Å². The van der Waals surface area contributed by atoms with Crippen LogP contribution in [0, 0.1) is 11.2 Å². The van der Waals surface area contributed by atoms with E-state index in [0.717, 1.165) is 6.42 Å². The van der Waals surface area contributed by atoms with Crippen LogP contribution in [-0.2, 0) is 11.2 Å². The van der Waals surface area contributed by atoms with Gasteiger partial charge in [0.1, 0.15) is 17.1 Å². The van der Waals surface area contributed by atoms with Crippen molar-refractivity contribution in [2.75, 3.05) is 13.2 Å². The van der Waals surface area contributed by atoms with Crippen LogP contribution >= 0.6 is 11.6 Å². The predicted octanol–water partition coefficient (Wildman–Crippen LogP) is 8.31. The van der Waals surface area contributed by atoms with Gasteiger partial charge in [0.25, 0.3) is 0 Å². The maximum atomic E-state index is 14.8. The van der Waals surface area contributed by atoms with Crippen LogP contribution in [0.4, 0.5) is 4.39 Å². The summed E-state index contributed by atoms with van der Waals surface area (Å²) in [4.78, 5) is 38.0. The summed E-state index contributed by atoms with van der Waals surface area (Å²) in [5, 5.41) is 0.0522. The molecule has 1 unspecified atom stereocenters. The Labute approximate surface area is 254 Å². The van der Waals surface area contributed by atoms with Crippen LogP contribution in [0.3, 0.4) is 0 Å². The number of benzene rings is 2. The molecule has 9 heteroatoms. The predicted molar refractivity (Wildman–Crippen MR) is 171 cm³/mol. The molecule has 1 atom stereocenters. The molecular weight excluding hydrogens is 573 g/mol. The summed E-state index contributed by atoms with van der Waals surface area (Å²) in [5.74, 6) is -0.731. The minimum Gasteiger partial charge on any atom is -0.492 e. The second kappa shape index (κ2) is 12.9. The van der Waals surface area contributed by atoms with Crippen molar-refractivity contribution in [3.8, 4) is 5.75 Å². The molecule has 0 bridgehead atoms. The number of halogens is 2. The zero-order valence-corrected chi connectivity index (χ0v) is 28.1. The fraction of sp³-hybridized carbons (Fsp3) is 0.515. The van der Waals surface area contributed by atoms with Crippen LogP contribution in [0.25, 0.3) is 10.9 Å². The van der Waals surface area contributed by atoms with Crippen molar-refractivity contribution in [2.24, 2.45) is 5.41 Å². The van der Waals surface area contributed by atoms with E-state index in [4.69, 9.17) is 21.1 Å². The largest absolute Gasteiger partial charge is 0.492 e. The smallest absolute Gasteiger partial charge is 0.343 e. The first-order valence-corrected chi connectivity index (χ1v) is 17.9. The first-order valence-electron chi connectivity index (χ1n) is 14.6. The second-order valence-electron chi connectivity index (χ2n) is 13.2. The SMILES string of the molecule is CCOC(=O)c1cn(C(CCC(C)(C)[Si](C)(C)O)C(C)(C)C)c2c(OCC)cc(Cc3cccc(Cl)c3F)cc2c1=O. The minimum atomic E-state index is -2.49. The average Bonchev–Trinajstić information content (AvgIpc) is 2.87. The van der Waals surface area contributed by atoms with Gasteiger partial charge in [-0.15, -0.1) is 0 Å². The summed E-state index contributed by atoms with van der Waals surface area (Å²) < 4.78 is 28.3. The summed E-state index contributed by atoms with van der Waals surface area (Å²) in [6.07, 6.45) is 3.21. The van der Waals surface area contributed by atoms with Gasteiger partial charge in [0.2, 0.25) is 5.43 Å². The molecule has 1 aromatic heterocycles. The van der Waals surface area contributed by atoms with E-state index < -0.39 is 25.5 Å². The molecule has 0 saturated heterocycles. The lowest BCUT2D eigenvalue weighted by Gasteiger charge is -2.40. The Morgan fingerprint density at radius 3 is 2.36 bits per heavy atom. The lowest BCUT2D eigenvalue weighted by Crippen LogP contribution is -2.40. The zero-order chi connectivity index (χ0) is 31.6. The number of fused-ring (bicyclic) bond motifs is 1. The van der Waals surface area contributed by atoms with Gasteiger partial charge in [-0.3, -0.25) is 4.79 Å². The molecule has 0 aliphatic rings. The molecule has 1 N–H and O–H groups in total. The van der Waals surface area contributed by atoms with Gasteiger partial charge in [0.15, 0.2) is 8.32 Å². The number of rotatable bonds is 11. The molecule has 230 valence electrons. The van der Waals surface area contributed by atoms with E-state index in [9.17, 15) is 18.8 Å². The van der Waals surface area contributed by atoms with Gasteiger partial charge in [-0.1, -0.05) is 58.4 Å². The molecule has 1 heterocycles. The lowest BCUT2D eigenvalue weighted by molar-refractivity contribution is 0.0523. The standard InChI is InChI=1S/C33H45ClFNO5Si/c1-10-40-26-19-21(17-22-13-12-14-25(34)28(22)35)18-23-29(26)36(20-24(30(23)37)31(38)41-11-2)27(32(3,4)5)15-16-33(6,7)42(8,9)39/h12-14,18-20,27,39H,10-11,15-17H2,1-9H3. The monoisotopic (exact) mass is 617 g/mol. The molecular formula is C33H45ClFNO5Si. The number of ether oxygens (including phenoxy) is 2. The number of hydrogen-bond acceptors (Lipinski definition) is 5. The Morgan fingerprint density at radius 1 is 1.12 bits per heavy atom. The third kappa shape index (κ3) is 7.26. The quantitative estimate of drug-likeness (QED) is 0.173. The lowest BCUT2D eigenvalue weighted by atomic mass is 9.82. The van der Waals surface area contributed by atoms with Crippen molar-refractivity contribution < 1.29 is 23.5 Å². The van der Waals surface area contributed by atoms with Crippen molar-refractivity contribution in [2.45, 2.75) is 91.9 Å². The van der Waals surface area contributed by atoms with Gasteiger partial charge in [-0.25, -0.2) is 9.18 Å². The number of nitrogens with zero attached hydrogens (tertiary/aromatic N) is 1. The minimum absolute atomic E-state index is 0.0235. The van der Waals surface area contributed by atoms with Gasteiger partial charge < -0.3 is 18.8 Å². The fourth-order valence-corrected chi connectivity index (χ4v) is 6.13. The van der Waals surface area contributed by atoms with E-state index in [1.165, 1.54) is 6.07 Å². The summed E-state index contributed by atoms with van der Waals surface area (Å²) in [6.45, 7) is 18.5. The van der Waals surface area contributed by atoms with E-state index in [1.54, 1.807) is 31.3 Å². The molecule has 0 amide bonds. The van der Waals surface area contributed by atoms with Crippen LogP contribution in [0.2, 0.25) is 23.2 Å². The van der Waals surface area contributed by atoms with E-state index in [1.807, 2.05) is 30.7 Å². The zero-order valence-electron chi connectivity index (χ0n) is 26.4. The van der Waals surface area contributed by atoms with E-state index in [-0.39, 0.29) is 40.1 Å². The van der Waals surface area contributed by atoms with E-state index in [2.05, 4.69) is 34.6 Å². The molecule has 2 aromatic carbocycles. The highest BCUT2D eigenvalue weighted by atomic mass is 35.5. The highest BCUT2D eigenvalue weighted by Gasteiger charge is 2.40. The number of aromatic nitrogens is 1. The third-order valence-electron chi connectivity index (χ3n) is 8.41. The van der Waals surface area contributed by atoms with E-state index in [0.29, 0.717) is 40.8 Å². The Morgan fingerprint density at radius 2 is 1.79 bits per heavy atom. The maximum Gasteiger partial charge on any atom is 0.343 e. The Balaban J connectivity index is 2.36. The molecule has 0 aliphatic heterocycles. The topological polar surface area (TPSA) is 77.8 Å². The fourth-order valence-electron chi connectivity index (χ4n) is 5.18. The first kappa shape index (κ1) is 33.8. The maximum absolute atomic E-state index is 14.8. The van der Waals surface area contributed by atoms with Crippen LogP contribution in [0.1, 0.15) is 88.8 Å². The number of esters is 1. The number of pyridine rings is 1. The highest BCUT2D eigenvalue weighted by molar-refractivity contribution is 6.72. The van der Waals surface area contributed by atoms with Crippen LogP contribution in [0.15, 0.2) is 41.3 Å². The first-order chi connectivity index (χ1) is 19.4. The number of carbonyl (C=O) groups excluding carboxylic acids is 1. The van der Waals surface area contributed by atoms with Crippen LogP contribution in [-0.4, -0.2) is 36.9 Å². The number of carbonyl (C=O) groups is 1. The number of hydrogen-bond donors (Lipinski definition) is 1. The van der Waals surface area contributed by atoms with Gasteiger partial charge >= 0.3 is 5.97 Å². The molecule has 0 aliphatic carbocycles. The molecule has 42 heavy (non-hydrogen) atoms. The molecule has 3 rings (SSSR count). The van der Waals surface area contributed by atoms with Gasteiger partial charge in [-0.2, -0.15) is 0 Å². The normalized spacial score (nSPS) is 13.3. The van der Waals surface area contributed by atoms with E-state index >= 15 is 0 Å². The highest BCUT2D eigenvalue weighted by Crippen LogP contribution is 2.46. The van der Waals surface area contributed by atoms with Gasteiger partial charge in [0, 0.05) is 18.7 Å². The van der Waals surface area contributed by atoms with Crippen molar-refractivity contribution in [1.82, 2.24) is 4.57 Å². The van der Waals surface area contributed by atoms with Gasteiger partial charge in [-0.05, 0) is 79.6 Å². The van der Waals surface area contributed by atoms with Crippen molar-refractivity contribution in [1.29, 1.82) is 0 Å². The Bertz CT molecular complexity index is 1500. The summed E-state index contributed by atoms with van der Waals surface area (Å²) in [6, 6.07) is 8.21. The van der Waals surface area contributed by atoms with Crippen LogP contribution < -0.4 is 10.2 Å². The third-order valence-corrected chi connectivity index (χ3v) is 12.3. The molecule has 3 aromatic rings. The molecule has 0 fully saturated rings. The molecule has 6 nitrogen and oxygen atoms in total. The molecule has 0 saturated carbocycles. The van der Waals surface area contributed by atoms with Gasteiger partial charge in [0.05, 0.1) is 29.1 Å². The summed E-state index contributed by atoms with van der Waals surface area (Å²) in [5.41, 5.74) is 0.782. The van der Waals surface area contributed by atoms with Crippen molar-refractivity contribution in [3.05, 3.63) is 74.3 Å². The van der Waals surface area contributed by atoms with Crippen molar-refractivity contribution in [3.63, 3.8) is 0 Å².